The molecule has 29 heavy (non-hydrogen) atoms. The van der Waals surface area contributed by atoms with Crippen LogP contribution in [0.2, 0.25) is 0 Å². The number of hydrogen-bond donors (Lipinski definition) is 1. The summed E-state index contributed by atoms with van der Waals surface area (Å²) in [5.74, 6) is -1.19. The van der Waals surface area contributed by atoms with E-state index in [1.807, 2.05) is 50.2 Å². The van der Waals surface area contributed by atoms with Gasteiger partial charge in [0.1, 0.15) is 12.2 Å². The lowest BCUT2D eigenvalue weighted by molar-refractivity contribution is 0.102. The monoisotopic (exact) mass is 394 g/mol. The highest BCUT2D eigenvalue weighted by Crippen LogP contribution is 2.31. The Morgan fingerprint density at radius 1 is 1.24 bits per heavy atom. The average molecular weight is 394 g/mol. The molecule has 0 aliphatic heterocycles. The molecule has 0 spiro atoms. The van der Waals surface area contributed by atoms with Crippen LogP contribution in [0, 0.1) is 19.8 Å². The van der Waals surface area contributed by atoms with Crippen molar-refractivity contribution in [3.8, 4) is 11.1 Å². The summed E-state index contributed by atoms with van der Waals surface area (Å²) in [6.45, 7) is 5.97. The van der Waals surface area contributed by atoms with Crippen LogP contribution in [0.3, 0.4) is 0 Å². The van der Waals surface area contributed by atoms with Gasteiger partial charge in [-0.1, -0.05) is 35.5 Å². The highest BCUT2D eigenvalue weighted by atomic mass is 19.1. The molecule has 0 saturated carbocycles. The number of carbonyl (C=O) groups is 1. The number of aryl methyl sites for hydroxylation is 3. The maximum atomic E-state index is 14.3. The summed E-state index contributed by atoms with van der Waals surface area (Å²) >= 11 is 0. The molecule has 0 unspecified atom stereocenters. The second kappa shape index (κ2) is 8.68. The summed E-state index contributed by atoms with van der Waals surface area (Å²) in [5, 5.41) is 10.7. The van der Waals surface area contributed by atoms with Gasteiger partial charge in [-0.3, -0.25) is 4.79 Å². The van der Waals surface area contributed by atoms with Crippen molar-refractivity contribution in [2.75, 3.05) is 11.9 Å². The van der Waals surface area contributed by atoms with Crippen molar-refractivity contribution in [1.82, 2.24) is 9.78 Å². The van der Waals surface area contributed by atoms with Crippen LogP contribution in [0.1, 0.15) is 34.1 Å². The predicted molar refractivity (Wildman–Crippen MR) is 112 cm³/mol. The molecule has 150 valence electrons. The van der Waals surface area contributed by atoms with E-state index in [9.17, 15) is 9.18 Å². The summed E-state index contributed by atoms with van der Waals surface area (Å²) in [6, 6.07) is 13.3. The van der Waals surface area contributed by atoms with Crippen LogP contribution in [-0.4, -0.2) is 28.5 Å². The highest BCUT2D eigenvalue weighted by molar-refractivity contribution is 6.07. The molecule has 1 aromatic heterocycles. The first kappa shape index (κ1) is 20.3. The van der Waals surface area contributed by atoms with Crippen LogP contribution in [0.4, 0.5) is 10.1 Å². The fourth-order valence-electron chi connectivity index (χ4n) is 3.14. The summed E-state index contributed by atoms with van der Waals surface area (Å²) in [5.41, 5.74) is 4.60. The maximum absolute atomic E-state index is 14.3. The second-order valence-electron chi connectivity index (χ2n) is 6.60. The molecule has 0 radical (unpaired) electrons. The molecule has 0 saturated heterocycles. The SMILES string of the molecule is CCON=Cc1ccc(-c2ccccc2NC(=O)c2c(C)nn(C)c2F)c(C)c1. The first-order chi connectivity index (χ1) is 13.9. The average Bonchev–Trinajstić information content (AvgIpc) is 2.94. The Morgan fingerprint density at radius 2 is 2.00 bits per heavy atom. The number of carbonyl (C=O) groups excluding carboxylic acids is 1. The van der Waals surface area contributed by atoms with Gasteiger partial charge in [0.2, 0.25) is 5.95 Å². The van der Waals surface area contributed by atoms with E-state index in [1.165, 1.54) is 7.05 Å². The number of nitrogens with one attached hydrogen (secondary N) is 1. The molecule has 7 heteroatoms. The zero-order valence-electron chi connectivity index (χ0n) is 16.9. The Hall–Kier alpha value is -3.48. The van der Waals surface area contributed by atoms with Crippen molar-refractivity contribution < 1.29 is 14.0 Å². The van der Waals surface area contributed by atoms with Gasteiger partial charge in [-0.25, -0.2) is 4.68 Å². The molecule has 3 rings (SSSR count). The number of rotatable bonds is 6. The summed E-state index contributed by atoms with van der Waals surface area (Å²) < 4.78 is 15.3. The van der Waals surface area contributed by atoms with Crippen LogP contribution < -0.4 is 5.32 Å². The van der Waals surface area contributed by atoms with Gasteiger partial charge in [0.25, 0.3) is 5.91 Å². The van der Waals surface area contributed by atoms with Gasteiger partial charge in [0, 0.05) is 18.3 Å². The molecule has 1 heterocycles. The van der Waals surface area contributed by atoms with E-state index in [0.29, 0.717) is 18.0 Å². The van der Waals surface area contributed by atoms with Crippen molar-refractivity contribution in [1.29, 1.82) is 0 Å². The number of benzene rings is 2. The van der Waals surface area contributed by atoms with Crippen molar-refractivity contribution in [2.45, 2.75) is 20.8 Å². The Bertz CT molecular complexity index is 1070. The number of halogens is 1. The van der Waals surface area contributed by atoms with Gasteiger partial charge in [-0.05, 0) is 49.6 Å². The van der Waals surface area contributed by atoms with Crippen LogP contribution in [0.15, 0.2) is 47.6 Å². The van der Waals surface area contributed by atoms with Gasteiger partial charge in [0.05, 0.1) is 11.9 Å². The van der Waals surface area contributed by atoms with Gasteiger partial charge >= 0.3 is 0 Å². The number of oxime groups is 1. The van der Waals surface area contributed by atoms with Gasteiger partial charge in [-0.2, -0.15) is 9.49 Å². The largest absolute Gasteiger partial charge is 0.396 e. The van der Waals surface area contributed by atoms with Crippen LogP contribution in [0.5, 0.6) is 0 Å². The lowest BCUT2D eigenvalue weighted by Crippen LogP contribution is -2.15. The van der Waals surface area contributed by atoms with Gasteiger partial charge < -0.3 is 10.2 Å². The molecule has 3 aromatic rings. The fraction of sp³-hybridized carbons (Fsp3) is 0.227. The smallest absolute Gasteiger partial charge is 0.262 e. The molecule has 1 amide bonds. The normalized spacial score (nSPS) is 11.1. The number of aromatic nitrogens is 2. The second-order valence-corrected chi connectivity index (χ2v) is 6.60. The molecule has 0 aliphatic rings. The third kappa shape index (κ3) is 4.34. The minimum absolute atomic E-state index is 0.0542. The van der Waals surface area contributed by atoms with E-state index >= 15 is 0 Å². The van der Waals surface area contributed by atoms with Crippen molar-refractivity contribution in [3.05, 3.63) is 70.8 Å². The number of anilines is 1. The number of nitrogens with zero attached hydrogens (tertiary/aromatic N) is 3. The third-order valence-electron chi connectivity index (χ3n) is 4.50. The maximum Gasteiger partial charge on any atom is 0.262 e. The zero-order chi connectivity index (χ0) is 21.0. The standard InChI is InChI=1S/C22H23FN4O2/c1-5-29-24-13-16-10-11-17(14(2)12-16)18-8-6-7-9-19(18)25-22(28)20-15(3)26-27(4)21(20)23/h6-13H,5H2,1-4H3,(H,25,28). The van der Waals surface area contributed by atoms with E-state index in [0.717, 1.165) is 26.9 Å². The zero-order valence-corrected chi connectivity index (χ0v) is 16.9. The number of amides is 1. The minimum Gasteiger partial charge on any atom is -0.396 e. The lowest BCUT2D eigenvalue weighted by Gasteiger charge is -2.13. The first-order valence-corrected chi connectivity index (χ1v) is 9.28. The number of hydrogen-bond acceptors (Lipinski definition) is 4. The molecule has 0 aliphatic carbocycles. The predicted octanol–water partition coefficient (Wildman–Crippen LogP) is 4.47. The number of para-hydroxylation sites is 1. The van der Waals surface area contributed by atoms with E-state index in [1.54, 1.807) is 19.2 Å². The molecular formula is C22H23FN4O2. The van der Waals surface area contributed by atoms with Crippen LogP contribution >= 0.6 is 0 Å². The van der Waals surface area contributed by atoms with E-state index in [4.69, 9.17) is 4.84 Å². The Morgan fingerprint density at radius 3 is 2.66 bits per heavy atom. The molecule has 2 aromatic carbocycles. The molecule has 0 atom stereocenters. The Kier molecular flexibility index (Phi) is 6.07. The van der Waals surface area contributed by atoms with E-state index in [-0.39, 0.29) is 5.56 Å². The molecule has 0 fully saturated rings. The quantitative estimate of drug-likeness (QED) is 0.496. The molecule has 6 nitrogen and oxygen atoms in total. The first-order valence-electron chi connectivity index (χ1n) is 9.28. The summed E-state index contributed by atoms with van der Waals surface area (Å²) in [7, 11) is 1.47. The van der Waals surface area contributed by atoms with E-state index in [2.05, 4.69) is 15.6 Å². The highest BCUT2D eigenvalue weighted by Gasteiger charge is 2.21. The van der Waals surface area contributed by atoms with Gasteiger partial charge in [0.15, 0.2) is 0 Å². The van der Waals surface area contributed by atoms with Crippen molar-refractivity contribution in [3.63, 3.8) is 0 Å². The molecule has 1 N–H and O–H groups in total. The van der Waals surface area contributed by atoms with Crippen molar-refractivity contribution in [2.24, 2.45) is 12.2 Å². The molecular weight excluding hydrogens is 371 g/mol. The van der Waals surface area contributed by atoms with E-state index < -0.39 is 11.9 Å². The minimum atomic E-state index is -0.661. The van der Waals surface area contributed by atoms with Crippen molar-refractivity contribution >= 4 is 17.8 Å². The lowest BCUT2D eigenvalue weighted by atomic mass is 9.97. The summed E-state index contributed by atoms with van der Waals surface area (Å²) in [4.78, 5) is 17.7. The molecule has 0 bridgehead atoms. The third-order valence-corrected chi connectivity index (χ3v) is 4.50. The van der Waals surface area contributed by atoms with Gasteiger partial charge in [-0.15, -0.1) is 0 Å². The Balaban J connectivity index is 1.92. The topological polar surface area (TPSA) is 68.5 Å². The Labute approximate surface area is 169 Å². The van der Waals surface area contributed by atoms with Crippen LogP contribution in [-0.2, 0) is 11.9 Å². The summed E-state index contributed by atoms with van der Waals surface area (Å²) in [6.07, 6.45) is 1.65. The fourth-order valence-corrected chi connectivity index (χ4v) is 3.14. The van der Waals surface area contributed by atoms with Crippen LogP contribution in [0.25, 0.3) is 11.1 Å².